The third kappa shape index (κ3) is 2.10. The Morgan fingerprint density at radius 3 is 2.50 bits per heavy atom. The maximum Gasteiger partial charge on any atom is 0.123 e. The molecule has 0 bridgehead atoms. The molecular weight excluding hydrogens is 233 g/mol. The normalized spacial score (nSPS) is 19.1. The molecule has 1 saturated carbocycles. The van der Waals surface area contributed by atoms with Gasteiger partial charge in [0.2, 0.25) is 0 Å². The fourth-order valence-corrected chi connectivity index (χ4v) is 2.77. The van der Waals surface area contributed by atoms with Crippen molar-refractivity contribution >= 4 is 0 Å². The van der Waals surface area contributed by atoms with Gasteiger partial charge in [-0.05, 0) is 44.5 Å². The second-order valence-corrected chi connectivity index (χ2v) is 4.73. The highest BCUT2D eigenvalue weighted by Gasteiger charge is 2.45. The van der Waals surface area contributed by atoms with Gasteiger partial charge in [0.25, 0.3) is 0 Å². The summed E-state index contributed by atoms with van der Waals surface area (Å²) < 4.78 is 24.5. The molecule has 4 heteroatoms. The maximum atomic E-state index is 13.5. The number of halogens is 1. The first-order valence-electron chi connectivity index (χ1n) is 6.22. The highest BCUT2D eigenvalue weighted by atomic mass is 19.1. The molecule has 0 radical (unpaired) electrons. The van der Waals surface area contributed by atoms with Gasteiger partial charge in [-0.3, -0.25) is 0 Å². The first-order chi connectivity index (χ1) is 8.66. The number of hydrogen-bond acceptors (Lipinski definition) is 3. The van der Waals surface area contributed by atoms with E-state index < -0.39 is 0 Å². The second-order valence-electron chi connectivity index (χ2n) is 4.73. The van der Waals surface area contributed by atoms with E-state index in [1.165, 1.54) is 12.1 Å². The molecule has 2 rings (SSSR count). The molecule has 0 heterocycles. The van der Waals surface area contributed by atoms with Crippen LogP contribution in [0.5, 0.6) is 5.75 Å². The third-order valence-electron chi connectivity index (χ3n) is 3.92. The Morgan fingerprint density at radius 1 is 1.33 bits per heavy atom. The number of rotatable bonds is 5. The summed E-state index contributed by atoms with van der Waals surface area (Å²) in [4.78, 5) is 0. The fraction of sp³-hybridized carbons (Fsp3) is 0.571. The molecule has 0 aliphatic heterocycles. The van der Waals surface area contributed by atoms with Crippen LogP contribution in [0, 0.1) is 5.82 Å². The number of benzene rings is 1. The minimum absolute atomic E-state index is 0.0538. The summed E-state index contributed by atoms with van der Waals surface area (Å²) >= 11 is 0. The van der Waals surface area contributed by atoms with Crippen LogP contribution in [0.3, 0.4) is 0 Å². The first kappa shape index (κ1) is 13.3. The van der Waals surface area contributed by atoms with E-state index in [9.17, 15) is 4.39 Å². The van der Waals surface area contributed by atoms with E-state index in [2.05, 4.69) is 5.32 Å². The van der Waals surface area contributed by atoms with Gasteiger partial charge >= 0.3 is 0 Å². The van der Waals surface area contributed by atoms with Gasteiger partial charge in [0, 0.05) is 12.7 Å². The molecule has 1 aromatic carbocycles. The topological polar surface area (TPSA) is 30.5 Å². The van der Waals surface area contributed by atoms with Gasteiger partial charge in [0.1, 0.15) is 11.6 Å². The van der Waals surface area contributed by atoms with Crippen LogP contribution in [-0.2, 0) is 4.74 Å². The Hall–Kier alpha value is -1.13. The van der Waals surface area contributed by atoms with Gasteiger partial charge in [0.05, 0.1) is 18.8 Å². The highest BCUT2D eigenvalue weighted by molar-refractivity contribution is 5.38. The number of ether oxygens (including phenoxy) is 2. The van der Waals surface area contributed by atoms with Crippen molar-refractivity contribution in [3.05, 3.63) is 29.6 Å². The predicted molar refractivity (Wildman–Crippen MR) is 68.3 cm³/mol. The maximum absolute atomic E-state index is 13.5. The molecule has 3 nitrogen and oxygen atoms in total. The van der Waals surface area contributed by atoms with Gasteiger partial charge in [-0.25, -0.2) is 4.39 Å². The summed E-state index contributed by atoms with van der Waals surface area (Å²) in [6, 6.07) is 4.55. The summed E-state index contributed by atoms with van der Waals surface area (Å²) in [6.45, 7) is 0. The largest absolute Gasteiger partial charge is 0.496 e. The van der Waals surface area contributed by atoms with Crippen molar-refractivity contribution in [2.75, 3.05) is 21.3 Å². The highest BCUT2D eigenvalue weighted by Crippen LogP contribution is 2.46. The molecule has 0 spiro atoms. The van der Waals surface area contributed by atoms with E-state index in [0.717, 1.165) is 24.8 Å². The minimum Gasteiger partial charge on any atom is -0.496 e. The molecule has 1 N–H and O–H groups in total. The molecule has 1 aliphatic carbocycles. The van der Waals surface area contributed by atoms with Crippen molar-refractivity contribution in [2.45, 2.75) is 30.9 Å². The number of nitrogens with one attached hydrogen (secondary N) is 1. The summed E-state index contributed by atoms with van der Waals surface area (Å²) in [5, 5.41) is 3.24. The molecule has 1 atom stereocenters. The summed E-state index contributed by atoms with van der Waals surface area (Å²) in [5.41, 5.74) is 0.581. The lowest BCUT2D eigenvalue weighted by atomic mass is 9.72. The number of hydrogen-bond donors (Lipinski definition) is 1. The molecule has 100 valence electrons. The van der Waals surface area contributed by atoms with Crippen LogP contribution in [-0.4, -0.2) is 26.9 Å². The quantitative estimate of drug-likeness (QED) is 0.875. The van der Waals surface area contributed by atoms with Gasteiger partial charge < -0.3 is 14.8 Å². The Kier molecular flexibility index (Phi) is 3.88. The lowest BCUT2D eigenvalue weighted by Gasteiger charge is -2.46. The summed E-state index contributed by atoms with van der Waals surface area (Å²) in [7, 11) is 5.19. The number of methoxy groups -OCH3 is 2. The molecule has 18 heavy (non-hydrogen) atoms. The smallest absolute Gasteiger partial charge is 0.123 e. The zero-order chi connectivity index (χ0) is 13.2. The zero-order valence-electron chi connectivity index (χ0n) is 11.1. The van der Waals surface area contributed by atoms with E-state index in [1.807, 2.05) is 7.05 Å². The van der Waals surface area contributed by atoms with E-state index >= 15 is 0 Å². The van der Waals surface area contributed by atoms with Crippen LogP contribution >= 0.6 is 0 Å². The van der Waals surface area contributed by atoms with Crippen molar-refractivity contribution in [2.24, 2.45) is 0 Å². The molecular formula is C14H20FNO2. The molecule has 0 saturated heterocycles. The summed E-state index contributed by atoms with van der Waals surface area (Å²) in [6.07, 6.45) is 3.10. The van der Waals surface area contributed by atoms with Crippen molar-refractivity contribution in [3.63, 3.8) is 0 Å². The molecule has 1 unspecified atom stereocenters. The van der Waals surface area contributed by atoms with Crippen LogP contribution in [0.25, 0.3) is 0 Å². The predicted octanol–water partition coefficient (Wildman–Crippen LogP) is 2.66. The van der Waals surface area contributed by atoms with Crippen LogP contribution in [0.15, 0.2) is 18.2 Å². The first-order valence-corrected chi connectivity index (χ1v) is 6.22. The van der Waals surface area contributed by atoms with Gasteiger partial charge in [-0.15, -0.1) is 0 Å². The molecule has 0 amide bonds. The SMILES string of the molecule is CNC(c1cc(F)ccc1OC)C1(OC)CCC1. The van der Waals surface area contributed by atoms with Crippen molar-refractivity contribution < 1.29 is 13.9 Å². The van der Waals surface area contributed by atoms with Gasteiger partial charge in [-0.1, -0.05) is 0 Å². The van der Waals surface area contributed by atoms with E-state index in [4.69, 9.17) is 9.47 Å². The van der Waals surface area contributed by atoms with Crippen LogP contribution in [0.4, 0.5) is 4.39 Å². The lowest BCUT2D eigenvalue weighted by Crippen LogP contribution is -2.49. The molecule has 1 fully saturated rings. The standard InChI is InChI=1S/C14H20FNO2/c1-16-13(14(18-3)7-4-8-14)11-9-10(15)5-6-12(11)17-2/h5-6,9,13,16H,4,7-8H2,1-3H3. The lowest BCUT2D eigenvalue weighted by molar-refractivity contribution is -0.0987. The summed E-state index contributed by atoms with van der Waals surface area (Å²) in [5.74, 6) is 0.440. The van der Waals surface area contributed by atoms with Crippen LogP contribution in [0.1, 0.15) is 30.9 Å². The van der Waals surface area contributed by atoms with Gasteiger partial charge in [0.15, 0.2) is 0 Å². The molecule has 1 aromatic rings. The van der Waals surface area contributed by atoms with Crippen molar-refractivity contribution in [3.8, 4) is 5.75 Å². The van der Waals surface area contributed by atoms with Crippen molar-refractivity contribution in [1.82, 2.24) is 5.32 Å². The molecule has 0 aromatic heterocycles. The second kappa shape index (κ2) is 5.24. The third-order valence-corrected chi connectivity index (χ3v) is 3.92. The van der Waals surface area contributed by atoms with E-state index in [1.54, 1.807) is 20.3 Å². The van der Waals surface area contributed by atoms with E-state index in [0.29, 0.717) is 5.75 Å². The molecule has 1 aliphatic rings. The zero-order valence-corrected chi connectivity index (χ0v) is 11.1. The van der Waals surface area contributed by atoms with Gasteiger partial charge in [-0.2, -0.15) is 0 Å². The van der Waals surface area contributed by atoms with Crippen molar-refractivity contribution in [1.29, 1.82) is 0 Å². The fourth-order valence-electron chi connectivity index (χ4n) is 2.77. The average Bonchev–Trinajstić information content (AvgIpc) is 2.33. The number of likely N-dealkylation sites (N-methyl/N-ethyl adjacent to an activating group) is 1. The Morgan fingerprint density at radius 2 is 2.06 bits per heavy atom. The van der Waals surface area contributed by atoms with Crippen LogP contribution in [0.2, 0.25) is 0 Å². The van der Waals surface area contributed by atoms with Crippen LogP contribution < -0.4 is 10.1 Å². The monoisotopic (exact) mass is 253 g/mol. The van der Waals surface area contributed by atoms with E-state index in [-0.39, 0.29) is 17.5 Å². The minimum atomic E-state index is -0.253. The Labute approximate surface area is 107 Å². The average molecular weight is 253 g/mol. The Balaban J connectivity index is 2.40. The Bertz CT molecular complexity index is 413.